The van der Waals surface area contributed by atoms with Crippen molar-refractivity contribution in [2.24, 2.45) is 0 Å². The summed E-state index contributed by atoms with van der Waals surface area (Å²) in [4.78, 5) is 17.4. The third kappa shape index (κ3) is 3.02. The molecule has 4 nitrogen and oxygen atoms in total. The molecule has 0 radical (unpaired) electrons. The van der Waals surface area contributed by atoms with Crippen LogP contribution in [0.1, 0.15) is 44.5 Å². The van der Waals surface area contributed by atoms with Crippen molar-refractivity contribution in [3.8, 4) is 11.3 Å². The second-order valence-electron chi connectivity index (χ2n) is 5.34. The molecule has 0 amide bonds. The summed E-state index contributed by atoms with van der Waals surface area (Å²) in [7, 11) is 0. The predicted octanol–water partition coefficient (Wildman–Crippen LogP) is 3.99. The maximum absolute atomic E-state index is 12.9. The van der Waals surface area contributed by atoms with Crippen LogP contribution in [-0.4, -0.2) is 16.1 Å². The van der Waals surface area contributed by atoms with Crippen LogP contribution in [-0.2, 0) is 0 Å². The second kappa shape index (κ2) is 6.43. The van der Waals surface area contributed by atoms with Crippen molar-refractivity contribution in [3.63, 3.8) is 0 Å². The van der Waals surface area contributed by atoms with Gasteiger partial charge >= 0.3 is 0 Å². The summed E-state index contributed by atoms with van der Waals surface area (Å²) in [5, 5.41) is 6.01. The number of aryl methyl sites for hydroxylation is 2. The number of anilines is 1. The molecule has 0 spiro atoms. The number of hydrogen-bond acceptors (Lipinski definition) is 4. The summed E-state index contributed by atoms with van der Waals surface area (Å²) >= 11 is 1.54. The Labute approximate surface area is 129 Å². The van der Waals surface area contributed by atoms with Gasteiger partial charge in [-0.2, -0.15) is 0 Å². The summed E-state index contributed by atoms with van der Waals surface area (Å²) in [5.41, 5.74) is 3.56. The molecule has 1 atom stereocenters. The minimum atomic E-state index is 0.0650. The zero-order chi connectivity index (χ0) is 15.6. The Hall–Kier alpha value is -1.62. The summed E-state index contributed by atoms with van der Waals surface area (Å²) < 4.78 is 1.88. The highest BCUT2D eigenvalue weighted by Crippen LogP contribution is 2.26. The van der Waals surface area contributed by atoms with Crippen LogP contribution in [0.15, 0.2) is 16.2 Å². The Balaban J connectivity index is 2.60. The van der Waals surface area contributed by atoms with Crippen molar-refractivity contribution < 1.29 is 0 Å². The van der Waals surface area contributed by atoms with Gasteiger partial charge in [0.15, 0.2) is 5.13 Å². The second-order valence-corrected chi connectivity index (χ2v) is 6.20. The molecule has 5 heteroatoms. The summed E-state index contributed by atoms with van der Waals surface area (Å²) in [5.74, 6) is 0. The third-order valence-electron chi connectivity index (χ3n) is 3.75. The highest BCUT2D eigenvalue weighted by atomic mass is 32.1. The maximum atomic E-state index is 12.9. The van der Waals surface area contributed by atoms with Crippen molar-refractivity contribution in [1.29, 1.82) is 0 Å². The number of thiazole rings is 1. The average Bonchev–Trinajstić information content (AvgIpc) is 2.86. The lowest BCUT2D eigenvalue weighted by Gasteiger charge is -2.18. The molecular weight excluding hydrogens is 282 g/mol. The van der Waals surface area contributed by atoms with E-state index in [2.05, 4.69) is 30.2 Å². The Bertz CT molecular complexity index is 687. The summed E-state index contributed by atoms with van der Waals surface area (Å²) in [6.07, 6.45) is 0.933. The smallest absolute Gasteiger partial charge is 0.260 e. The van der Waals surface area contributed by atoms with Gasteiger partial charge in [0.25, 0.3) is 5.56 Å². The monoisotopic (exact) mass is 305 g/mol. The van der Waals surface area contributed by atoms with Crippen molar-refractivity contribution >= 4 is 16.5 Å². The van der Waals surface area contributed by atoms with E-state index in [0.717, 1.165) is 40.6 Å². The lowest BCUT2D eigenvalue weighted by molar-refractivity contribution is 0.503. The van der Waals surface area contributed by atoms with Gasteiger partial charge in [-0.25, -0.2) is 4.98 Å². The van der Waals surface area contributed by atoms with Crippen LogP contribution in [0.5, 0.6) is 0 Å². The molecule has 114 valence electrons. The first-order chi connectivity index (χ1) is 9.99. The molecule has 0 aromatic carbocycles. The van der Waals surface area contributed by atoms with Crippen LogP contribution in [0.25, 0.3) is 11.3 Å². The lowest BCUT2D eigenvalue weighted by atomic mass is 10.1. The summed E-state index contributed by atoms with van der Waals surface area (Å²) in [6, 6.07) is 2.28. The molecule has 1 unspecified atom stereocenters. The Morgan fingerprint density at radius 2 is 2.10 bits per heavy atom. The minimum Gasteiger partial charge on any atom is -0.362 e. The van der Waals surface area contributed by atoms with Crippen LogP contribution in [0.3, 0.4) is 0 Å². The van der Waals surface area contributed by atoms with E-state index in [1.807, 2.05) is 30.7 Å². The maximum Gasteiger partial charge on any atom is 0.260 e. The molecule has 21 heavy (non-hydrogen) atoms. The van der Waals surface area contributed by atoms with E-state index in [9.17, 15) is 4.79 Å². The fraction of sp³-hybridized carbons (Fsp3) is 0.500. The molecule has 0 saturated heterocycles. The first-order valence-electron chi connectivity index (χ1n) is 7.42. The van der Waals surface area contributed by atoms with Gasteiger partial charge < -0.3 is 9.88 Å². The number of nitrogens with zero attached hydrogens (tertiary/aromatic N) is 2. The SMILES string of the molecule is CCNc1nc(-c2c(C)cc(C)n(C(C)CC)c2=O)cs1. The third-order valence-corrected chi connectivity index (χ3v) is 4.55. The normalized spacial score (nSPS) is 12.4. The van der Waals surface area contributed by atoms with Gasteiger partial charge in [0, 0.05) is 23.7 Å². The lowest BCUT2D eigenvalue weighted by Crippen LogP contribution is -2.27. The van der Waals surface area contributed by atoms with E-state index in [-0.39, 0.29) is 11.6 Å². The van der Waals surface area contributed by atoms with E-state index in [0.29, 0.717) is 0 Å². The van der Waals surface area contributed by atoms with Crippen molar-refractivity contribution in [2.45, 2.75) is 47.1 Å². The zero-order valence-electron chi connectivity index (χ0n) is 13.4. The van der Waals surface area contributed by atoms with Crippen molar-refractivity contribution in [2.75, 3.05) is 11.9 Å². The fourth-order valence-corrected chi connectivity index (χ4v) is 3.34. The first-order valence-corrected chi connectivity index (χ1v) is 8.30. The number of rotatable bonds is 5. The molecule has 0 aliphatic heterocycles. The van der Waals surface area contributed by atoms with Gasteiger partial charge in [-0.1, -0.05) is 6.92 Å². The van der Waals surface area contributed by atoms with Gasteiger partial charge in [0.05, 0.1) is 11.3 Å². The molecule has 0 bridgehead atoms. The molecule has 0 aliphatic rings. The Morgan fingerprint density at radius 3 is 2.71 bits per heavy atom. The van der Waals surface area contributed by atoms with Crippen LogP contribution >= 0.6 is 11.3 Å². The molecular formula is C16H23N3OS. The quantitative estimate of drug-likeness (QED) is 0.908. The Kier molecular flexibility index (Phi) is 4.83. The molecule has 2 heterocycles. The van der Waals surface area contributed by atoms with E-state index in [1.165, 1.54) is 0 Å². The van der Waals surface area contributed by atoms with Crippen LogP contribution in [0, 0.1) is 13.8 Å². The predicted molar refractivity (Wildman–Crippen MR) is 90.4 cm³/mol. The average molecular weight is 305 g/mol. The Morgan fingerprint density at radius 1 is 1.38 bits per heavy atom. The number of aromatic nitrogens is 2. The molecule has 0 fully saturated rings. The van der Waals surface area contributed by atoms with E-state index >= 15 is 0 Å². The van der Waals surface area contributed by atoms with Gasteiger partial charge in [0.1, 0.15) is 0 Å². The fourth-order valence-electron chi connectivity index (χ4n) is 2.57. The van der Waals surface area contributed by atoms with Crippen molar-refractivity contribution in [3.05, 3.63) is 33.1 Å². The highest BCUT2D eigenvalue weighted by molar-refractivity contribution is 7.14. The number of hydrogen-bond donors (Lipinski definition) is 1. The largest absolute Gasteiger partial charge is 0.362 e. The van der Waals surface area contributed by atoms with Crippen molar-refractivity contribution in [1.82, 2.24) is 9.55 Å². The molecule has 2 rings (SSSR count). The van der Waals surface area contributed by atoms with E-state index < -0.39 is 0 Å². The van der Waals surface area contributed by atoms with E-state index in [4.69, 9.17) is 0 Å². The van der Waals surface area contributed by atoms with Gasteiger partial charge in [0.2, 0.25) is 0 Å². The van der Waals surface area contributed by atoms with Gasteiger partial charge in [-0.05, 0) is 45.7 Å². The minimum absolute atomic E-state index is 0.0650. The molecule has 2 aromatic rings. The highest BCUT2D eigenvalue weighted by Gasteiger charge is 2.17. The topological polar surface area (TPSA) is 46.9 Å². The number of nitrogens with one attached hydrogen (secondary N) is 1. The van der Waals surface area contributed by atoms with Gasteiger partial charge in [-0.3, -0.25) is 4.79 Å². The van der Waals surface area contributed by atoms with Crippen LogP contribution in [0.4, 0.5) is 5.13 Å². The molecule has 0 aliphatic carbocycles. The van der Waals surface area contributed by atoms with Gasteiger partial charge in [-0.15, -0.1) is 11.3 Å². The van der Waals surface area contributed by atoms with Crippen LogP contribution < -0.4 is 10.9 Å². The van der Waals surface area contributed by atoms with E-state index in [1.54, 1.807) is 11.3 Å². The summed E-state index contributed by atoms with van der Waals surface area (Å²) in [6.45, 7) is 11.0. The first kappa shape index (κ1) is 15.8. The number of pyridine rings is 1. The standard InChI is InChI=1S/C16H23N3OS/c1-6-11(4)19-12(5)8-10(3)14(15(19)20)13-9-21-16(18-13)17-7-2/h8-9,11H,6-7H2,1-5H3,(H,17,18). The van der Waals surface area contributed by atoms with Crippen LogP contribution in [0.2, 0.25) is 0 Å². The molecule has 1 N–H and O–H groups in total. The zero-order valence-corrected chi connectivity index (χ0v) is 14.2. The molecule has 0 saturated carbocycles. The molecule has 2 aromatic heterocycles.